The highest BCUT2D eigenvalue weighted by Crippen LogP contribution is 2.38. The van der Waals surface area contributed by atoms with Crippen LogP contribution in [0.25, 0.3) is 0 Å². The molecule has 0 aliphatic carbocycles. The summed E-state index contributed by atoms with van der Waals surface area (Å²) in [7, 11) is 0. The van der Waals surface area contributed by atoms with Gasteiger partial charge in [0, 0.05) is 0 Å². The van der Waals surface area contributed by atoms with Crippen molar-refractivity contribution < 1.29 is 22.3 Å². The summed E-state index contributed by atoms with van der Waals surface area (Å²) in [5, 5.41) is 28.7. The Morgan fingerprint density at radius 1 is 0.889 bits per heavy atom. The topological polar surface area (TPSA) is 92.6 Å². The van der Waals surface area contributed by atoms with E-state index in [0.717, 1.165) is 18.2 Å². The van der Waals surface area contributed by atoms with Crippen molar-refractivity contribution in [3.05, 3.63) is 65.1 Å². The predicted molar refractivity (Wildman–Crippen MR) is 85.4 cm³/mol. The van der Waals surface area contributed by atoms with E-state index in [0.29, 0.717) is 6.07 Å². The fraction of sp³-hybridized carbons (Fsp3) is 0.0556. The third-order valence-corrected chi connectivity index (χ3v) is 3.19. The molecular weight excluding hydrogens is 364 g/mol. The second-order valence-corrected chi connectivity index (χ2v) is 4.97. The normalized spacial score (nSPS) is 10.1. The van der Waals surface area contributed by atoms with Gasteiger partial charge in [0.2, 0.25) is 0 Å². The van der Waals surface area contributed by atoms with Crippen molar-refractivity contribution >= 4 is 5.69 Å². The Balaban J connectivity index is 2.44. The Labute approximate surface area is 150 Å². The average molecular weight is 372 g/mol. The molecule has 0 unspecified atom stereocenters. The zero-order chi connectivity index (χ0) is 20.0. The van der Waals surface area contributed by atoms with Gasteiger partial charge in [-0.1, -0.05) is 0 Å². The van der Waals surface area contributed by atoms with Gasteiger partial charge in [0.15, 0.2) is 5.57 Å². The molecule has 1 N–H and O–H groups in total. The van der Waals surface area contributed by atoms with E-state index in [4.69, 9.17) is 20.5 Å². The Morgan fingerprint density at radius 3 is 2.00 bits per heavy atom. The van der Waals surface area contributed by atoms with E-state index >= 15 is 0 Å². The maximum absolute atomic E-state index is 13.4. The minimum Gasteiger partial charge on any atom is -0.457 e. The Morgan fingerprint density at radius 2 is 1.48 bits per heavy atom. The molecule has 0 saturated carbocycles. The lowest BCUT2D eigenvalue weighted by molar-refractivity contribution is -0.137. The summed E-state index contributed by atoms with van der Waals surface area (Å²) < 4.78 is 58.3. The van der Waals surface area contributed by atoms with Gasteiger partial charge in [-0.15, -0.1) is 0 Å². The van der Waals surface area contributed by atoms with Crippen LogP contribution in [-0.4, -0.2) is 0 Å². The number of hydrogen-bond acceptors (Lipinski definition) is 5. The summed E-state index contributed by atoms with van der Waals surface area (Å²) in [4.78, 5) is 0. The summed E-state index contributed by atoms with van der Waals surface area (Å²) in [5.41, 5.74) is -2.98. The van der Waals surface area contributed by atoms with Gasteiger partial charge in [0.25, 0.3) is 0 Å². The van der Waals surface area contributed by atoms with Gasteiger partial charge in [-0.2, -0.15) is 29.0 Å². The van der Waals surface area contributed by atoms with Crippen LogP contribution in [0.1, 0.15) is 5.56 Å². The van der Waals surface area contributed by atoms with Gasteiger partial charge < -0.3 is 10.1 Å². The summed E-state index contributed by atoms with van der Waals surface area (Å²) in [6.45, 7) is 0. The third-order valence-electron chi connectivity index (χ3n) is 3.19. The van der Waals surface area contributed by atoms with Crippen molar-refractivity contribution in [2.45, 2.75) is 6.18 Å². The van der Waals surface area contributed by atoms with Crippen molar-refractivity contribution in [2.75, 3.05) is 5.32 Å². The molecule has 0 amide bonds. The molecular formula is C18H8F4N4O. The molecule has 0 fully saturated rings. The van der Waals surface area contributed by atoms with Crippen molar-refractivity contribution in [3.63, 3.8) is 0 Å². The van der Waals surface area contributed by atoms with E-state index in [1.165, 1.54) is 36.4 Å². The lowest BCUT2D eigenvalue weighted by atomic mass is 10.1. The quantitative estimate of drug-likeness (QED) is 0.610. The largest absolute Gasteiger partial charge is 0.457 e. The van der Waals surface area contributed by atoms with E-state index < -0.39 is 34.5 Å². The molecule has 2 aromatic carbocycles. The fourth-order valence-electron chi connectivity index (χ4n) is 1.99. The van der Waals surface area contributed by atoms with Gasteiger partial charge in [0.05, 0.1) is 11.3 Å². The lowest BCUT2D eigenvalue weighted by Crippen LogP contribution is -2.11. The van der Waals surface area contributed by atoms with Crippen LogP contribution in [0.2, 0.25) is 0 Å². The first-order valence-electron chi connectivity index (χ1n) is 7.14. The molecule has 0 heterocycles. The highest BCUT2D eigenvalue weighted by atomic mass is 19.4. The molecule has 0 aliphatic heterocycles. The standard InChI is InChI=1S/C18H8F4N4O/c19-12-1-3-13(4-2-12)27-14-5-6-16(15(7-14)18(20,21)22)26-17(10-25)11(8-23)9-24/h1-7,26H. The van der Waals surface area contributed by atoms with Crippen molar-refractivity contribution in [1.82, 2.24) is 0 Å². The molecule has 134 valence electrons. The SMILES string of the molecule is N#CC(C#N)=C(C#N)Nc1ccc(Oc2ccc(F)cc2)cc1C(F)(F)F. The van der Waals surface area contributed by atoms with E-state index in [-0.39, 0.29) is 11.5 Å². The summed E-state index contributed by atoms with van der Waals surface area (Å²) >= 11 is 0. The van der Waals surface area contributed by atoms with Crippen molar-refractivity contribution in [1.29, 1.82) is 15.8 Å². The van der Waals surface area contributed by atoms with Gasteiger partial charge in [-0.25, -0.2) is 4.39 Å². The minimum atomic E-state index is -4.81. The molecule has 5 nitrogen and oxygen atoms in total. The van der Waals surface area contributed by atoms with Crippen LogP contribution >= 0.6 is 0 Å². The Hall–Kier alpha value is -4.03. The maximum Gasteiger partial charge on any atom is 0.418 e. The monoisotopic (exact) mass is 372 g/mol. The van der Waals surface area contributed by atoms with Crippen LogP contribution in [0.3, 0.4) is 0 Å². The molecule has 27 heavy (non-hydrogen) atoms. The number of hydrogen-bond donors (Lipinski definition) is 1. The zero-order valence-electron chi connectivity index (χ0n) is 13.3. The molecule has 0 radical (unpaired) electrons. The first-order chi connectivity index (χ1) is 12.8. The lowest BCUT2D eigenvalue weighted by Gasteiger charge is -2.16. The number of anilines is 1. The molecule has 0 aliphatic rings. The summed E-state index contributed by atoms with van der Waals surface area (Å²) in [6.07, 6.45) is -4.81. The highest BCUT2D eigenvalue weighted by Gasteiger charge is 2.34. The van der Waals surface area contributed by atoms with Crippen LogP contribution in [0.5, 0.6) is 11.5 Å². The zero-order valence-corrected chi connectivity index (χ0v) is 13.3. The number of rotatable bonds is 4. The van der Waals surface area contributed by atoms with E-state index in [2.05, 4.69) is 5.32 Å². The average Bonchev–Trinajstić information content (AvgIpc) is 2.63. The third kappa shape index (κ3) is 4.75. The number of halogens is 4. The molecule has 0 aromatic heterocycles. The summed E-state index contributed by atoms with van der Waals surface area (Å²) in [5.74, 6) is -0.582. The highest BCUT2D eigenvalue weighted by molar-refractivity contribution is 5.63. The number of nitrogens with zero attached hydrogens (tertiary/aromatic N) is 3. The summed E-state index contributed by atoms with van der Waals surface area (Å²) in [6, 6.07) is 11.9. The van der Waals surface area contributed by atoms with Gasteiger partial charge in [0.1, 0.15) is 41.2 Å². The fourth-order valence-corrected chi connectivity index (χ4v) is 1.99. The molecule has 0 spiro atoms. The molecule has 0 saturated heterocycles. The van der Waals surface area contributed by atoms with Crippen LogP contribution < -0.4 is 10.1 Å². The molecule has 2 rings (SSSR count). The molecule has 0 bridgehead atoms. The number of nitrogens with one attached hydrogen (secondary N) is 1. The number of nitriles is 3. The Kier molecular flexibility index (Phi) is 5.65. The van der Waals surface area contributed by atoms with Crippen LogP contribution in [0.4, 0.5) is 23.2 Å². The first-order valence-corrected chi connectivity index (χ1v) is 7.14. The first kappa shape index (κ1) is 19.3. The van der Waals surface area contributed by atoms with Crippen LogP contribution in [0.15, 0.2) is 53.7 Å². The van der Waals surface area contributed by atoms with Gasteiger partial charge >= 0.3 is 6.18 Å². The van der Waals surface area contributed by atoms with E-state index in [1.54, 1.807) is 0 Å². The van der Waals surface area contributed by atoms with Crippen molar-refractivity contribution in [2.24, 2.45) is 0 Å². The smallest absolute Gasteiger partial charge is 0.418 e. The van der Waals surface area contributed by atoms with E-state index in [9.17, 15) is 17.6 Å². The predicted octanol–water partition coefficient (Wildman–Crippen LogP) is 4.87. The second kappa shape index (κ2) is 7.90. The number of alkyl halides is 3. The van der Waals surface area contributed by atoms with Gasteiger partial charge in [-0.05, 0) is 42.5 Å². The number of ether oxygens (including phenoxy) is 1. The van der Waals surface area contributed by atoms with Crippen molar-refractivity contribution in [3.8, 4) is 29.7 Å². The van der Waals surface area contributed by atoms with Crippen LogP contribution in [-0.2, 0) is 6.18 Å². The number of allylic oxidation sites excluding steroid dienone is 2. The number of benzene rings is 2. The second-order valence-electron chi connectivity index (χ2n) is 4.97. The molecule has 0 atom stereocenters. The van der Waals surface area contributed by atoms with Gasteiger partial charge in [-0.3, -0.25) is 0 Å². The van der Waals surface area contributed by atoms with E-state index in [1.807, 2.05) is 0 Å². The molecule has 2 aromatic rings. The molecule has 9 heteroatoms. The Bertz CT molecular complexity index is 990. The minimum absolute atomic E-state index is 0.124. The maximum atomic E-state index is 13.4. The van der Waals surface area contributed by atoms with Crippen LogP contribution in [0, 0.1) is 39.8 Å².